The van der Waals surface area contributed by atoms with E-state index in [1.54, 1.807) is 20.0 Å². The number of para-hydroxylation sites is 1. The summed E-state index contributed by atoms with van der Waals surface area (Å²) in [6, 6.07) is 4.42. The maximum Gasteiger partial charge on any atom is 0.326 e. The highest BCUT2D eigenvalue weighted by molar-refractivity contribution is 5.94. The molecule has 0 saturated heterocycles. The zero-order chi connectivity index (χ0) is 26.0. The standard InChI is InChI=1S/C24H36N6O5/c1-14(2)21(30-20(31)12-26)23(33)29-19(11-15-13-27-17-8-4-3-7-16(15)17)22(32)28-18(24(34)35)9-5-6-10-25/h3-4,7-8,13-14,18-19,21,27H,5-6,9-12,25-26H2,1-2H3,(H,28,32)(H,29,33)(H,30,31)(H,34,35). The maximum absolute atomic E-state index is 13.2. The summed E-state index contributed by atoms with van der Waals surface area (Å²) in [5.74, 6) is -3.12. The molecule has 2 aromatic rings. The zero-order valence-electron chi connectivity index (χ0n) is 20.2. The number of hydrogen-bond donors (Lipinski definition) is 7. The van der Waals surface area contributed by atoms with Crippen molar-refractivity contribution in [1.82, 2.24) is 20.9 Å². The molecule has 0 radical (unpaired) electrons. The Morgan fingerprint density at radius 3 is 2.29 bits per heavy atom. The number of benzene rings is 1. The topological polar surface area (TPSA) is 192 Å². The molecule has 11 nitrogen and oxygen atoms in total. The fourth-order valence-electron chi connectivity index (χ4n) is 3.78. The van der Waals surface area contributed by atoms with Crippen molar-refractivity contribution >= 4 is 34.6 Å². The van der Waals surface area contributed by atoms with Crippen LogP contribution in [0.5, 0.6) is 0 Å². The van der Waals surface area contributed by atoms with E-state index in [0.29, 0.717) is 19.4 Å². The van der Waals surface area contributed by atoms with Gasteiger partial charge in [0.25, 0.3) is 0 Å². The minimum Gasteiger partial charge on any atom is -0.480 e. The molecule has 0 spiro atoms. The average molecular weight is 489 g/mol. The first-order valence-corrected chi connectivity index (χ1v) is 11.8. The molecule has 1 heterocycles. The third-order valence-corrected chi connectivity index (χ3v) is 5.74. The number of nitrogens with one attached hydrogen (secondary N) is 4. The molecule has 1 aromatic heterocycles. The van der Waals surface area contributed by atoms with Gasteiger partial charge in [-0.15, -0.1) is 0 Å². The summed E-state index contributed by atoms with van der Waals surface area (Å²) in [6.07, 6.45) is 3.25. The summed E-state index contributed by atoms with van der Waals surface area (Å²) in [5, 5.41) is 18.3. The molecule has 35 heavy (non-hydrogen) atoms. The van der Waals surface area contributed by atoms with Gasteiger partial charge < -0.3 is 37.5 Å². The number of fused-ring (bicyclic) bond motifs is 1. The lowest BCUT2D eigenvalue weighted by Gasteiger charge is -2.26. The molecule has 1 aromatic carbocycles. The third-order valence-electron chi connectivity index (χ3n) is 5.74. The Balaban J connectivity index is 2.28. The van der Waals surface area contributed by atoms with Crippen LogP contribution in [0.25, 0.3) is 10.9 Å². The Hall–Kier alpha value is -3.44. The molecule has 0 aliphatic heterocycles. The number of carboxylic acids is 1. The van der Waals surface area contributed by atoms with Crippen LogP contribution in [0, 0.1) is 5.92 Å². The molecule has 9 N–H and O–H groups in total. The van der Waals surface area contributed by atoms with Gasteiger partial charge in [0.15, 0.2) is 0 Å². The monoisotopic (exact) mass is 488 g/mol. The van der Waals surface area contributed by atoms with Crippen LogP contribution in [-0.4, -0.2) is 65.0 Å². The second-order valence-electron chi connectivity index (χ2n) is 8.80. The van der Waals surface area contributed by atoms with Crippen LogP contribution in [-0.2, 0) is 25.6 Å². The van der Waals surface area contributed by atoms with Crippen molar-refractivity contribution in [3.05, 3.63) is 36.0 Å². The molecule has 3 atom stereocenters. The molecule has 192 valence electrons. The number of carbonyl (C=O) groups is 4. The van der Waals surface area contributed by atoms with Crippen molar-refractivity contribution < 1.29 is 24.3 Å². The number of aromatic amines is 1. The van der Waals surface area contributed by atoms with Crippen molar-refractivity contribution in [1.29, 1.82) is 0 Å². The zero-order valence-corrected chi connectivity index (χ0v) is 20.2. The lowest BCUT2D eigenvalue weighted by atomic mass is 10.00. The molecule has 0 aliphatic rings. The predicted molar refractivity (Wildman–Crippen MR) is 132 cm³/mol. The van der Waals surface area contributed by atoms with E-state index in [4.69, 9.17) is 11.5 Å². The maximum atomic E-state index is 13.2. The number of rotatable bonds is 14. The first-order valence-electron chi connectivity index (χ1n) is 11.8. The van der Waals surface area contributed by atoms with E-state index < -0.39 is 41.8 Å². The van der Waals surface area contributed by atoms with E-state index >= 15 is 0 Å². The van der Waals surface area contributed by atoms with Gasteiger partial charge >= 0.3 is 5.97 Å². The Morgan fingerprint density at radius 1 is 0.971 bits per heavy atom. The number of H-pyrrole nitrogens is 1. The van der Waals surface area contributed by atoms with Crippen molar-refractivity contribution in [2.75, 3.05) is 13.1 Å². The fraction of sp³-hybridized carbons (Fsp3) is 0.500. The Labute approximate surface area is 204 Å². The van der Waals surface area contributed by atoms with Crippen molar-refractivity contribution in [3.8, 4) is 0 Å². The molecule has 0 aliphatic carbocycles. The summed E-state index contributed by atoms with van der Waals surface area (Å²) in [5.41, 5.74) is 12.5. The van der Waals surface area contributed by atoms with Crippen molar-refractivity contribution in [3.63, 3.8) is 0 Å². The highest BCUT2D eigenvalue weighted by atomic mass is 16.4. The normalized spacial score (nSPS) is 13.7. The van der Waals surface area contributed by atoms with Crippen molar-refractivity contribution in [2.24, 2.45) is 17.4 Å². The molecule has 0 fully saturated rings. The van der Waals surface area contributed by atoms with Gasteiger partial charge in [0.05, 0.1) is 6.54 Å². The minimum atomic E-state index is -1.16. The molecular formula is C24H36N6O5. The summed E-state index contributed by atoms with van der Waals surface area (Å²) < 4.78 is 0. The SMILES string of the molecule is CC(C)C(NC(=O)CN)C(=O)NC(Cc1c[nH]c2ccccc12)C(=O)NC(CCCCN)C(=O)O. The van der Waals surface area contributed by atoms with E-state index in [0.717, 1.165) is 16.5 Å². The van der Waals surface area contributed by atoms with Crippen LogP contribution >= 0.6 is 0 Å². The quantitative estimate of drug-likeness (QED) is 0.182. The smallest absolute Gasteiger partial charge is 0.326 e. The number of carboxylic acid groups (broad SMARTS) is 1. The third kappa shape index (κ3) is 8.08. The second-order valence-corrected chi connectivity index (χ2v) is 8.80. The number of nitrogens with two attached hydrogens (primary N) is 2. The Morgan fingerprint density at radius 2 is 1.66 bits per heavy atom. The van der Waals surface area contributed by atoms with E-state index in [2.05, 4.69) is 20.9 Å². The molecule has 11 heteroatoms. The van der Waals surface area contributed by atoms with E-state index in [-0.39, 0.29) is 25.3 Å². The number of hydrogen-bond acceptors (Lipinski definition) is 6. The molecule has 3 unspecified atom stereocenters. The number of aliphatic carboxylic acids is 1. The Bertz CT molecular complexity index is 1020. The van der Waals surface area contributed by atoms with Gasteiger partial charge in [-0.2, -0.15) is 0 Å². The van der Waals surface area contributed by atoms with E-state index in [1.165, 1.54) is 0 Å². The summed E-state index contributed by atoms with van der Waals surface area (Å²) >= 11 is 0. The predicted octanol–water partition coefficient (Wildman–Crippen LogP) is -0.00690. The number of amides is 3. The van der Waals surface area contributed by atoms with Crippen LogP contribution in [0.3, 0.4) is 0 Å². The van der Waals surface area contributed by atoms with Gasteiger partial charge in [-0.1, -0.05) is 32.0 Å². The lowest BCUT2D eigenvalue weighted by Crippen LogP contribution is -2.58. The molecular weight excluding hydrogens is 452 g/mol. The van der Waals surface area contributed by atoms with E-state index in [9.17, 15) is 24.3 Å². The molecule has 0 bridgehead atoms. The molecule has 3 amide bonds. The molecule has 0 saturated carbocycles. The van der Waals surface area contributed by atoms with Crippen LogP contribution in [0.15, 0.2) is 30.5 Å². The Kier molecular flexibility index (Phi) is 10.7. The van der Waals surface area contributed by atoms with Crippen LogP contribution in [0.1, 0.15) is 38.7 Å². The van der Waals surface area contributed by atoms with Gasteiger partial charge in [-0.05, 0) is 43.4 Å². The minimum absolute atomic E-state index is 0.117. The van der Waals surface area contributed by atoms with Crippen LogP contribution < -0.4 is 27.4 Å². The number of aromatic nitrogens is 1. The fourth-order valence-corrected chi connectivity index (χ4v) is 3.78. The highest BCUT2D eigenvalue weighted by Crippen LogP contribution is 2.19. The van der Waals surface area contributed by atoms with Crippen molar-refractivity contribution in [2.45, 2.75) is 57.7 Å². The van der Waals surface area contributed by atoms with Gasteiger partial charge in [0.1, 0.15) is 18.1 Å². The van der Waals surface area contributed by atoms with Crippen LogP contribution in [0.2, 0.25) is 0 Å². The summed E-state index contributed by atoms with van der Waals surface area (Å²) in [4.78, 5) is 53.0. The van der Waals surface area contributed by atoms with Gasteiger partial charge in [-0.3, -0.25) is 14.4 Å². The highest BCUT2D eigenvalue weighted by Gasteiger charge is 2.31. The largest absolute Gasteiger partial charge is 0.480 e. The lowest BCUT2D eigenvalue weighted by molar-refractivity contribution is -0.142. The van der Waals surface area contributed by atoms with Crippen LogP contribution in [0.4, 0.5) is 0 Å². The van der Waals surface area contributed by atoms with Gasteiger partial charge in [0, 0.05) is 23.5 Å². The average Bonchev–Trinajstić information content (AvgIpc) is 3.23. The summed E-state index contributed by atoms with van der Waals surface area (Å²) in [6.45, 7) is 3.66. The summed E-state index contributed by atoms with van der Waals surface area (Å²) in [7, 11) is 0. The van der Waals surface area contributed by atoms with Gasteiger partial charge in [0.2, 0.25) is 17.7 Å². The first-order chi connectivity index (χ1) is 16.7. The first kappa shape index (κ1) is 27.8. The second kappa shape index (κ2) is 13.4. The number of carbonyl (C=O) groups excluding carboxylic acids is 3. The molecule has 2 rings (SSSR count). The van der Waals surface area contributed by atoms with E-state index in [1.807, 2.05) is 24.3 Å². The number of unbranched alkanes of at least 4 members (excludes halogenated alkanes) is 1. The van der Waals surface area contributed by atoms with Gasteiger partial charge in [-0.25, -0.2) is 4.79 Å².